The Bertz CT molecular complexity index is 264. The Morgan fingerprint density at radius 3 is 0.909 bits per heavy atom. The molecule has 0 aromatic heterocycles. The molecule has 22 heavy (non-hydrogen) atoms. The minimum atomic E-state index is -0.961. The number of carboxylic acids is 3. The number of nitrogens with zero attached hydrogens (tertiary/aromatic N) is 1. The van der Waals surface area contributed by atoms with Crippen molar-refractivity contribution in [1.29, 1.82) is 5.26 Å². The second kappa shape index (κ2) is 31.8. The Labute approximate surface area is 147 Å². The fourth-order valence-corrected chi connectivity index (χ4v) is 0.612. The Balaban J connectivity index is -0.0000000591. The molecular formula is C14H24NO6Ti. The topological polar surface area (TPSA) is 144 Å². The molecule has 0 saturated heterocycles. The molecule has 0 saturated carbocycles. The zero-order chi connectivity index (χ0) is 17.7. The summed E-state index contributed by atoms with van der Waals surface area (Å²) in [4.78, 5) is 28.5. The number of carbonyl (C=O) groups is 3. The van der Waals surface area contributed by atoms with Gasteiger partial charge in [-0.2, -0.15) is 5.26 Å². The largest absolute Gasteiger partial charge is 3.00 e. The summed E-state index contributed by atoms with van der Waals surface area (Å²) in [5, 5.41) is 35.8. The van der Waals surface area contributed by atoms with Crippen LogP contribution in [0.4, 0.5) is 0 Å². The van der Waals surface area contributed by atoms with Gasteiger partial charge in [0.1, 0.15) is 0 Å². The van der Waals surface area contributed by atoms with E-state index in [9.17, 15) is 29.7 Å². The van der Waals surface area contributed by atoms with E-state index in [1.165, 1.54) is 6.92 Å². The first-order valence-electron chi connectivity index (χ1n) is 6.63. The first-order chi connectivity index (χ1) is 9.72. The van der Waals surface area contributed by atoms with Gasteiger partial charge in [-0.3, -0.25) is 0 Å². The van der Waals surface area contributed by atoms with Crippen molar-refractivity contribution >= 4 is 17.9 Å². The Morgan fingerprint density at radius 2 is 0.909 bits per heavy atom. The maximum absolute atomic E-state index is 9.49. The number of carbonyl (C=O) groups excluding carboxylic acids is 3. The molecule has 0 unspecified atom stereocenters. The molecule has 0 fully saturated rings. The molecule has 0 atom stereocenters. The summed E-state index contributed by atoms with van der Waals surface area (Å²) in [7, 11) is 0. The van der Waals surface area contributed by atoms with Crippen molar-refractivity contribution in [2.45, 2.75) is 66.2 Å². The fourth-order valence-electron chi connectivity index (χ4n) is 0.612. The average molecular weight is 350 g/mol. The van der Waals surface area contributed by atoms with Gasteiger partial charge in [0, 0.05) is 24.8 Å². The van der Waals surface area contributed by atoms with Gasteiger partial charge in [-0.25, -0.2) is 0 Å². The third-order valence-electron chi connectivity index (χ3n) is 1.36. The van der Waals surface area contributed by atoms with Gasteiger partial charge in [0.2, 0.25) is 0 Å². The van der Waals surface area contributed by atoms with Gasteiger partial charge in [-0.05, 0) is 19.3 Å². The van der Waals surface area contributed by atoms with E-state index in [0.717, 1.165) is 0 Å². The number of aliphatic carboxylic acids is 3. The molecule has 0 aliphatic carbocycles. The Kier molecular flexibility index (Phi) is 47.0. The zero-order valence-electron chi connectivity index (χ0n) is 13.6. The molecule has 0 spiro atoms. The minimum Gasteiger partial charge on any atom is -0.550 e. The second-order valence-corrected chi connectivity index (χ2v) is 3.59. The Hall–Kier alpha value is -1.39. The van der Waals surface area contributed by atoms with Gasteiger partial charge >= 0.3 is 21.7 Å². The van der Waals surface area contributed by atoms with E-state index in [2.05, 4.69) is 0 Å². The molecule has 0 rings (SSSR count). The maximum Gasteiger partial charge on any atom is 3.00 e. The van der Waals surface area contributed by atoms with Crippen molar-refractivity contribution in [1.82, 2.24) is 0 Å². The summed E-state index contributed by atoms with van der Waals surface area (Å²) in [5.74, 6) is -2.88. The van der Waals surface area contributed by atoms with Crippen LogP contribution in [0.3, 0.4) is 0 Å². The molecule has 0 aromatic carbocycles. The summed E-state index contributed by atoms with van der Waals surface area (Å²) in [5.41, 5.74) is 0. The SMILES string of the molecule is CC#N.CCCC(=O)[O-].CCCC(=O)[O-].CCCC(=O)[O-].[Ti+3]. The van der Waals surface area contributed by atoms with Crippen LogP contribution < -0.4 is 15.3 Å². The van der Waals surface area contributed by atoms with Crippen molar-refractivity contribution in [3.63, 3.8) is 0 Å². The second-order valence-electron chi connectivity index (χ2n) is 3.59. The monoisotopic (exact) mass is 350 g/mol. The number of nitriles is 1. The van der Waals surface area contributed by atoms with E-state index in [1.807, 2.05) is 0 Å². The zero-order valence-corrected chi connectivity index (χ0v) is 15.2. The van der Waals surface area contributed by atoms with Crippen molar-refractivity contribution in [2.24, 2.45) is 0 Å². The van der Waals surface area contributed by atoms with Gasteiger partial charge in [0.05, 0.1) is 6.07 Å². The van der Waals surface area contributed by atoms with E-state index in [1.54, 1.807) is 26.8 Å². The fraction of sp³-hybridized carbons (Fsp3) is 0.714. The van der Waals surface area contributed by atoms with Crippen LogP contribution >= 0.6 is 0 Å². The van der Waals surface area contributed by atoms with Crippen LogP contribution in [0.2, 0.25) is 0 Å². The molecule has 0 N–H and O–H groups in total. The smallest absolute Gasteiger partial charge is 0.550 e. The van der Waals surface area contributed by atoms with Crippen molar-refractivity contribution in [3.8, 4) is 6.07 Å². The Morgan fingerprint density at radius 1 is 0.773 bits per heavy atom. The maximum atomic E-state index is 9.49. The van der Waals surface area contributed by atoms with E-state index in [4.69, 9.17) is 5.26 Å². The molecule has 1 radical (unpaired) electrons. The van der Waals surface area contributed by atoms with Gasteiger partial charge < -0.3 is 29.7 Å². The third-order valence-corrected chi connectivity index (χ3v) is 1.36. The average Bonchev–Trinajstić information content (AvgIpc) is 2.30. The van der Waals surface area contributed by atoms with E-state index in [0.29, 0.717) is 19.3 Å². The molecule has 0 aliphatic heterocycles. The summed E-state index contributed by atoms with van der Waals surface area (Å²) < 4.78 is 0. The van der Waals surface area contributed by atoms with Crippen LogP contribution in [0.15, 0.2) is 0 Å². The molecule has 0 heterocycles. The van der Waals surface area contributed by atoms with Crippen LogP contribution in [0.1, 0.15) is 66.2 Å². The molecule has 0 aromatic rings. The molecule has 7 nitrogen and oxygen atoms in total. The predicted molar refractivity (Wildman–Crippen MR) is 71.0 cm³/mol. The van der Waals surface area contributed by atoms with Crippen molar-refractivity contribution < 1.29 is 51.4 Å². The van der Waals surface area contributed by atoms with Crippen molar-refractivity contribution in [3.05, 3.63) is 0 Å². The summed E-state index contributed by atoms with van der Waals surface area (Å²) in [6, 6.07) is 1.75. The molecule has 0 aliphatic rings. The quantitative estimate of drug-likeness (QED) is 0.567. The first-order valence-corrected chi connectivity index (χ1v) is 6.63. The van der Waals surface area contributed by atoms with E-state index in [-0.39, 0.29) is 41.0 Å². The molecular weight excluding hydrogens is 326 g/mol. The molecule has 8 heteroatoms. The molecule has 0 bridgehead atoms. The van der Waals surface area contributed by atoms with Gasteiger partial charge in [0.15, 0.2) is 0 Å². The third kappa shape index (κ3) is 99.6. The summed E-state index contributed by atoms with van der Waals surface area (Å²) in [6.45, 7) is 6.83. The van der Waals surface area contributed by atoms with Crippen LogP contribution in [-0.4, -0.2) is 17.9 Å². The minimum absolute atomic E-state index is 0. The number of hydrogen-bond acceptors (Lipinski definition) is 7. The first kappa shape index (κ1) is 32.5. The predicted octanol–water partition coefficient (Wildman–Crippen LogP) is -0.863. The van der Waals surface area contributed by atoms with Crippen LogP contribution in [0.5, 0.6) is 0 Å². The number of hydrogen-bond donors (Lipinski definition) is 0. The summed E-state index contributed by atoms with van der Waals surface area (Å²) >= 11 is 0. The van der Waals surface area contributed by atoms with Crippen molar-refractivity contribution in [2.75, 3.05) is 0 Å². The molecule has 0 amide bonds. The van der Waals surface area contributed by atoms with E-state index < -0.39 is 17.9 Å². The van der Waals surface area contributed by atoms with E-state index >= 15 is 0 Å². The number of rotatable bonds is 6. The van der Waals surface area contributed by atoms with Gasteiger partial charge in [-0.1, -0.05) is 40.0 Å². The summed E-state index contributed by atoms with van der Waals surface area (Å²) in [6.07, 6.45) is 2.55. The van der Waals surface area contributed by atoms with Crippen LogP contribution in [0.25, 0.3) is 0 Å². The van der Waals surface area contributed by atoms with Crippen LogP contribution in [0, 0.1) is 11.3 Å². The standard InChI is InChI=1S/3C4H8O2.C2H3N.Ti/c3*1-2-3-4(5)6;1-2-3;/h3*2-3H2,1H3,(H,5,6);1H3;/q;;;;+3/p-3. The van der Waals surface area contributed by atoms with Gasteiger partial charge in [-0.15, -0.1) is 0 Å². The number of carboxylic acid groups (broad SMARTS) is 3. The van der Waals surface area contributed by atoms with Crippen LogP contribution in [-0.2, 0) is 36.1 Å². The molecule has 125 valence electrons. The van der Waals surface area contributed by atoms with Gasteiger partial charge in [0.25, 0.3) is 0 Å². The normalized spacial score (nSPS) is 7.05.